The Morgan fingerprint density at radius 3 is 3.00 bits per heavy atom. The molecule has 0 fully saturated rings. The van der Waals surface area contributed by atoms with Crippen LogP contribution in [0, 0.1) is 6.92 Å². The Bertz CT molecular complexity index is 833. The summed E-state index contributed by atoms with van der Waals surface area (Å²) in [6.07, 6.45) is 2.43. The number of anilines is 1. The molecule has 1 atom stereocenters. The van der Waals surface area contributed by atoms with Gasteiger partial charge in [-0.2, -0.15) is 0 Å². The summed E-state index contributed by atoms with van der Waals surface area (Å²) < 4.78 is 5.49. The Kier molecular flexibility index (Phi) is 4.18. The maximum Gasteiger partial charge on any atom is 0.265 e. The van der Waals surface area contributed by atoms with Crippen molar-refractivity contribution in [3.05, 3.63) is 41.2 Å². The molecular weight excluding hydrogens is 310 g/mol. The second-order valence-electron chi connectivity index (χ2n) is 5.48. The zero-order valence-corrected chi connectivity index (χ0v) is 13.3. The molecule has 0 saturated heterocycles. The number of aryl methyl sites for hydroxylation is 1. The Balaban J connectivity index is 1.93. The number of amides is 1. The number of pyridine rings is 1. The van der Waals surface area contributed by atoms with Crippen LogP contribution < -0.4 is 10.1 Å². The predicted molar refractivity (Wildman–Crippen MR) is 89.0 cm³/mol. The van der Waals surface area contributed by atoms with E-state index in [-0.39, 0.29) is 18.3 Å². The Morgan fingerprint density at radius 2 is 2.25 bits per heavy atom. The van der Waals surface area contributed by atoms with E-state index in [9.17, 15) is 15.0 Å². The second-order valence-corrected chi connectivity index (χ2v) is 5.48. The molecule has 0 bridgehead atoms. The second kappa shape index (κ2) is 6.29. The molecule has 3 rings (SSSR count). The van der Waals surface area contributed by atoms with Crippen molar-refractivity contribution in [3.8, 4) is 11.5 Å². The van der Waals surface area contributed by atoms with Crippen LogP contribution >= 0.6 is 0 Å². The van der Waals surface area contributed by atoms with Crippen LogP contribution in [-0.4, -0.2) is 33.4 Å². The van der Waals surface area contributed by atoms with Gasteiger partial charge in [-0.05, 0) is 32.0 Å². The van der Waals surface area contributed by atoms with Crippen LogP contribution in [0.15, 0.2) is 29.4 Å². The molecule has 0 saturated carbocycles. The molecule has 0 spiro atoms. The molecule has 7 heteroatoms. The molecule has 1 aromatic heterocycles. The number of aliphatic hydroxyl groups is 1. The van der Waals surface area contributed by atoms with Gasteiger partial charge in [0.2, 0.25) is 0 Å². The molecule has 0 unspecified atom stereocenters. The van der Waals surface area contributed by atoms with Crippen molar-refractivity contribution < 1.29 is 19.7 Å². The maximum atomic E-state index is 11.7. The summed E-state index contributed by atoms with van der Waals surface area (Å²) >= 11 is 0. The first-order valence-corrected chi connectivity index (χ1v) is 7.43. The number of nitrogens with one attached hydrogen (secondary N) is 1. The van der Waals surface area contributed by atoms with Crippen LogP contribution in [0.1, 0.15) is 23.7 Å². The Labute approximate surface area is 138 Å². The molecule has 0 aliphatic carbocycles. The van der Waals surface area contributed by atoms with Gasteiger partial charge >= 0.3 is 0 Å². The average Bonchev–Trinajstić information content (AvgIpc) is 2.57. The van der Waals surface area contributed by atoms with Crippen molar-refractivity contribution in [1.29, 1.82) is 0 Å². The number of ether oxygens (including phenoxy) is 1. The number of hydrogen-bond donors (Lipinski definition) is 3. The highest BCUT2D eigenvalue weighted by Crippen LogP contribution is 2.33. The molecule has 1 amide bonds. The number of nitrogens with zero attached hydrogens (tertiary/aromatic N) is 2. The van der Waals surface area contributed by atoms with Crippen molar-refractivity contribution in [2.75, 3.05) is 5.32 Å². The van der Waals surface area contributed by atoms with Gasteiger partial charge in [-0.3, -0.25) is 14.8 Å². The number of hydrogen-bond acceptors (Lipinski definition) is 6. The molecule has 7 nitrogen and oxygen atoms in total. The average molecular weight is 327 g/mol. The lowest BCUT2D eigenvalue weighted by molar-refractivity contribution is -0.122. The molecule has 2 heterocycles. The lowest BCUT2D eigenvalue weighted by atomic mass is 10.1. The van der Waals surface area contributed by atoms with E-state index in [2.05, 4.69) is 15.3 Å². The number of benzene rings is 1. The van der Waals surface area contributed by atoms with Crippen LogP contribution in [0.5, 0.6) is 11.5 Å². The quantitative estimate of drug-likeness (QED) is 0.749. The minimum atomic E-state index is -0.532. The maximum absolute atomic E-state index is 11.7. The van der Waals surface area contributed by atoms with Gasteiger partial charge in [0.15, 0.2) is 6.10 Å². The molecule has 2 aromatic rings. The van der Waals surface area contributed by atoms with E-state index in [1.54, 1.807) is 32.0 Å². The fourth-order valence-electron chi connectivity index (χ4n) is 2.34. The van der Waals surface area contributed by atoms with E-state index in [0.29, 0.717) is 33.9 Å². The zero-order valence-electron chi connectivity index (χ0n) is 13.3. The van der Waals surface area contributed by atoms with E-state index in [1.807, 2.05) is 0 Å². The van der Waals surface area contributed by atoms with Gasteiger partial charge in [0, 0.05) is 23.5 Å². The predicted octanol–water partition coefficient (Wildman–Crippen LogP) is 2.06. The topological polar surface area (TPSA) is 104 Å². The summed E-state index contributed by atoms with van der Waals surface area (Å²) in [6, 6.07) is 5.14. The van der Waals surface area contributed by atoms with Crippen molar-refractivity contribution in [3.63, 3.8) is 0 Å². The number of aliphatic imine (C=N–C) groups is 1. The first kappa shape index (κ1) is 15.9. The highest BCUT2D eigenvalue weighted by atomic mass is 16.5. The van der Waals surface area contributed by atoms with E-state index >= 15 is 0 Å². The third kappa shape index (κ3) is 2.93. The summed E-state index contributed by atoms with van der Waals surface area (Å²) in [4.78, 5) is 20.0. The molecule has 3 N–H and O–H groups in total. The smallest absolute Gasteiger partial charge is 0.265 e. The fourth-order valence-corrected chi connectivity index (χ4v) is 2.34. The highest BCUT2D eigenvalue weighted by molar-refractivity contribution is 5.98. The molecule has 0 radical (unpaired) electrons. The summed E-state index contributed by atoms with van der Waals surface area (Å²) in [5.74, 6) is 0.349. The molecule has 124 valence electrons. The van der Waals surface area contributed by atoms with Gasteiger partial charge in [-0.15, -0.1) is 0 Å². The van der Waals surface area contributed by atoms with Gasteiger partial charge in [-0.25, -0.2) is 0 Å². The third-order valence-electron chi connectivity index (χ3n) is 3.76. The van der Waals surface area contributed by atoms with Crippen molar-refractivity contribution in [2.24, 2.45) is 4.99 Å². The normalized spacial score (nSPS) is 16.6. The number of carbonyl (C=O) groups excluding carboxylic acids is 1. The molecule has 1 aliphatic heterocycles. The summed E-state index contributed by atoms with van der Waals surface area (Å²) in [5, 5.41) is 22.2. The van der Waals surface area contributed by atoms with Gasteiger partial charge in [0.1, 0.15) is 11.5 Å². The van der Waals surface area contributed by atoms with Crippen LogP contribution in [0.4, 0.5) is 11.4 Å². The number of carbonyl (C=O) groups is 1. The van der Waals surface area contributed by atoms with E-state index in [1.165, 1.54) is 12.4 Å². The molecule has 24 heavy (non-hydrogen) atoms. The molecule has 1 aliphatic rings. The van der Waals surface area contributed by atoms with Crippen molar-refractivity contribution >= 4 is 23.5 Å². The first-order chi connectivity index (χ1) is 11.5. The molecular formula is C17H17N3O4. The van der Waals surface area contributed by atoms with Crippen LogP contribution in [0.3, 0.4) is 0 Å². The highest BCUT2D eigenvalue weighted by Gasteiger charge is 2.23. The summed E-state index contributed by atoms with van der Waals surface area (Å²) in [7, 11) is 0. The SMILES string of the molecule is Cc1ncc(CO)c(C=Nc2ccc3c(c2)NC(=O)[C@H](C)O3)c1O. The first-order valence-electron chi connectivity index (χ1n) is 7.43. The van der Waals surface area contributed by atoms with Gasteiger partial charge in [0.25, 0.3) is 5.91 Å². The lowest BCUT2D eigenvalue weighted by Gasteiger charge is -2.23. The van der Waals surface area contributed by atoms with Crippen LogP contribution in [0.2, 0.25) is 0 Å². The van der Waals surface area contributed by atoms with Gasteiger partial charge < -0.3 is 20.3 Å². The summed E-state index contributed by atoms with van der Waals surface area (Å²) in [5.41, 5.74) is 2.46. The zero-order chi connectivity index (χ0) is 17.3. The monoisotopic (exact) mass is 327 g/mol. The largest absolute Gasteiger partial charge is 0.505 e. The Morgan fingerprint density at radius 1 is 1.46 bits per heavy atom. The van der Waals surface area contributed by atoms with Gasteiger partial charge in [-0.1, -0.05) is 0 Å². The van der Waals surface area contributed by atoms with Crippen molar-refractivity contribution in [1.82, 2.24) is 4.98 Å². The third-order valence-corrected chi connectivity index (χ3v) is 3.76. The standard InChI is InChI=1S/C17H17N3O4/c1-9-16(22)13(11(8-21)6-18-9)7-19-12-3-4-15-14(5-12)20-17(23)10(2)24-15/h3-7,10,21-22H,8H2,1-2H3,(H,20,23)/t10-/m0/s1. The molecule has 1 aromatic carbocycles. The number of aromatic hydroxyl groups is 1. The van der Waals surface area contributed by atoms with Crippen molar-refractivity contribution in [2.45, 2.75) is 26.6 Å². The Hall–Kier alpha value is -2.93. The number of fused-ring (bicyclic) bond motifs is 1. The number of rotatable bonds is 3. The number of aromatic nitrogens is 1. The number of aliphatic hydroxyl groups excluding tert-OH is 1. The van der Waals surface area contributed by atoms with E-state index in [0.717, 1.165) is 0 Å². The van der Waals surface area contributed by atoms with Gasteiger partial charge in [0.05, 0.1) is 23.7 Å². The minimum absolute atomic E-state index is 0.0197. The van der Waals surface area contributed by atoms with Crippen LogP contribution in [0.25, 0.3) is 0 Å². The van der Waals surface area contributed by atoms with Crippen LogP contribution in [-0.2, 0) is 11.4 Å². The minimum Gasteiger partial charge on any atom is -0.505 e. The fraction of sp³-hybridized carbons (Fsp3) is 0.235. The van der Waals surface area contributed by atoms with E-state index < -0.39 is 6.10 Å². The van der Waals surface area contributed by atoms with E-state index in [4.69, 9.17) is 4.74 Å². The lowest BCUT2D eigenvalue weighted by Crippen LogP contribution is -2.34. The summed E-state index contributed by atoms with van der Waals surface area (Å²) in [6.45, 7) is 3.09.